The molecule has 0 aliphatic rings. The number of hydrogen-bond donors (Lipinski definition) is 2. The van der Waals surface area contributed by atoms with E-state index in [0.717, 1.165) is 29.7 Å². The van der Waals surface area contributed by atoms with E-state index in [1.165, 1.54) is 0 Å². The van der Waals surface area contributed by atoms with E-state index in [0.29, 0.717) is 6.54 Å². The predicted octanol–water partition coefficient (Wildman–Crippen LogP) is 2.54. The first-order valence-corrected chi connectivity index (χ1v) is 6.22. The van der Waals surface area contributed by atoms with Crippen LogP contribution in [0, 0.1) is 0 Å². The van der Waals surface area contributed by atoms with Crippen LogP contribution >= 0.6 is 0 Å². The molecule has 0 radical (unpaired) electrons. The van der Waals surface area contributed by atoms with E-state index in [4.69, 9.17) is 0 Å². The lowest BCUT2D eigenvalue weighted by molar-refractivity contribution is 0.116. The fourth-order valence-electron chi connectivity index (χ4n) is 2.10. The van der Waals surface area contributed by atoms with Crippen LogP contribution in [-0.4, -0.2) is 34.6 Å². The lowest BCUT2D eigenvalue weighted by Gasteiger charge is -2.21. The Morgan fingerprint density at radius 3 is 2.59 bits per heavy atom. The van der Waals surface area contributed by atoms with Crippen LogP contribution in [0.2, 0.25) is 0 Å². The maximum atomic E-state index is 10.2. The molecule has 0 spiro atoms. The molecule has 0 saturated carbocycles. The summed E-state index contributed by atoms with van der Waals surface area (Å²) in [5.74, 6) is 0. The first kappa shape index (κ1) is 12.1. The summed E-state index contributed by atoms with van der Waals surface area (Å²) in [6.07, 6.45) is -0.442. The SMILES string of the molecule is CCN(CC)CC(O)c1cc2ccccc2[nH]1. The molecular weight excluding hydrogens is 212 g/mol. The zero-order valence-corrected chi connectivity index (χ0v) is 10.5. The van der Waals surface area contributed by atoms with Gasteiger partial charge in [0.2, 0.25) is 0 Å². The maximum Gasteiger partial charge on any atom is 0.106 e. The summed E-state index contributed by atoms with van der Waals surface area (Å²) >= 11 is 0. The largest absolute Gasteiger partial charge is 0.386 e. The van der Waals surface area contributed by atoms with Crippen molar-refractivity contribution in [1.82, 2.24) is 9.88 Å². The minimum atomic E-state index is -0.442. The molecule has 0 aliphatic carbocycles. The number of likely N-dealkylation sites (N-methyl/N-ethyl adjacent to an activating group) is 1. The number of nitrogens with one attached hydrogen (secondary N) is 1. The van der Waals surface area contributed by atoms with Crippen LogP contribution < -0.4 is 0 Å². The minimum Gasteiger partial charge on any atom is -0.386 e. The topological polar surface area (TPSA) is 39.3 Å². The molecule has 0 amide bonds. The number of fused-ring (bicyclic) bond motifs is 1. The first-order valence-electron chi connectivity index (χ1n) is 6.22. The zero-order valence-electron chi connectivity index (χ0n) is 10.5. The summed E-state index contributed by atoms with van der Waals surface area (Å²) in [5.41, 5.74) is 1.99. The van der Waals surface area contributed by atoms with Crippen molar-refractivity contribution < 1.29 is 5.11 Å². The van der Waals surface area contributed by atoms with Crippen molar-refractivity contribution in [2.45, 2.75) is 20.0 Å². The van der Waals surface area contributed by atoms with Crippen molar-refractivity contribution in [3.63, 3.8) is 0 Å². The van der Waals surface area contributed by atoms with Gasteiger partial charge in [0, 0.05) is 17.8 Å². The third kappa shape index (κ3) is 2.68. The van der Waals surface area contributed by atoms with Crippen LogP contribution in [0.25, 0.3) is 10.9 Å². The number of nitrogens with zero attached hydrogens (tertiary/aromatic N) is 1. The number of para-hydroxylation sites is 1. The van der Waals surface area contributed by atoms with Crippen molar-refractivity contribution in [1.29, 1.82) is 0 Å². The summed E-state index contributed by atoms with van der Waals surface area (Å²) in [6, 6.07) is 10.1. The van der Waals surface area contributed by atoms with Crippen LogP contribution in [0.4, 0.5) is 0 Å². The summed E-state index contributed by atoms with van der Waals surface area (Å²) in [7, 11) is 0. The smallest absolute Gasteiger partial charge is 0.106 e. The highest BCUT2D eigenvalue weighted by Crippen LogP contribution is 2.20. The Bertz CT molecular complexity index is 441. The molecular formula is C14H20N2O. The fourth-order valence-corrected chi connectivity index (χ4v) is 2.10. The summed E-state index contributed by atoms with van der Waals surface area (Å²) < 4.78 is 0. The molecule has 3 nitrogen and oxygen atoms in total. The Morgan fingerprint density at radius 2 is 1.94 bits per heavy atom. The first-order chi connectivity index (χ1) is 8.24. The molecule has 2 aromatic rings. The molecule has 1 aromatic carbocycles. The van der Waals surface area contributed by atoms with Gasteiger partial charge in [-0.3, -0.25) is 0 Å². The summed E-state index contributed by atoms with van der Waals surface area (Å²) in [4.78, 5) is 5.49. The number of aromatic nitrogens is 1. The van der Waals surface area contributed by atoms with Crippen molar-refractivity contribution in [3.8, 4) is 0 Å². The molecule has 1 heterocycles. The van der Waals surface area contributed by atoms with Crippen LogP contribution in [0.3, 0.4) is 0 Å². The second kappa shape index (κ2) is 5.34. The Hall–Kier alpha value is -1.32. The van der Waals surface area contributed by atoms with Crippen molar-refractivity contribution >= 4 is 10.9 Å². The van der Waals surface area contributed by atoms with E-state index < -0.39 is 6.10 Å². The number of aliphatic hydroxyl groups is 1. The number of H-pyrrole nitrogens is 1. The van der Waals surface area contributed by atoms with E-state index in [2.05, 4.69) is 29.8 Å². The third-order valence-corrected chi connectivity index (χ3v) is 3.24. The Balaban J connectivity index is 2.15. The average Bonchev–Trinajstić information content (AvgIpc) is 2.79. The number of rotatable bonds is 5. The Morgan fingerprint density at radius 1 is 1.24 bits per heavy atom. The quantitative estimate of drug-likeness (QED) is 0.831. The monoisotopic (exact) mass is 232 g/mol. The molecule has 0 bridgehead atoms. The molecule has 0 aliphatic heterocycles. The predicted molar refractivity (Wildman–Crippen MR) is 71.0 cm³/mol. The van der Waals surface area contributed by atoms with Crippen LogP contribution in [0.1, 0.15) is 25.6 Å². The van der Waals surface area contributed by atoms with Gasteiger partial charge in [0.25, 0.3) is 0 Å². The van der Waals surface area contributed by atoms with E-state index >= 15 is 0 Å². The van der Waals surface area contributed by atoms with Gasteiger partial charge in [-0.1, -0.05) is 32.0 Å². The third-order valence-electron chi connectivity index (χ3n) is 3.24. The van der Waals surface area contributed by atoms with Gasteiger partial charge in [-0.05, 0) is 30.6 Å². The highest BCUT2D eigenvalue weighted by Gasteiger charge is 2.13. The van der Waals surface area contributed by atoms with E-state index in [-0.39, 0.29) is 0 Å². The number of hydrogen-bond acceptors (Lipinski definition) is 2. The normalized spacial score (nSPS) is 13.4. The number of aliphatic hydroxyl groups excluding tert-OH is 1. The van der Waals surface area contributed by atoms with Crippen molar-refractivity contribution in [2.75, 3.05) is 19.6 Å². The van der Waals surface area contributed by atoms with Gasteiger partial charge >= 0.3 is 0 Å². The van der Waals surface area contributed by atoms with Gasteiger partial charge in [0.15, 0.2) is 0 Å². The van der Waals surface area contributed by atoms with E-state index in [9.17, 15) is 5.11 Å². The molecule has 3 heteroatoms. The molecule has 17 heavy (non-hydrogen) atoms. The highest BCUT2D eigenvalue weighted by molar-refractivity contribution is 5.80. The zero-order chi connectivity index (χ0) is 12.3. The Kier molecular flexibility index (Phi) is 3.82. The molecule has 2 N–H and O–H groups in total. The minimum absolute atomic E-state index is 0.442. The van der Waals surface area contributed by atoms with Gasteiger partial charge in [-0.25, -0.2) is 0 Å². The maximum absolute atomic E-state index is 10.2. The number of benzene rings is 1. The van der Waals surface area contributed by atoms with Crippen LogP contribution in [-0.2, 0) is 0 Å². The lowest BCUT2D eigenvalue weighted by atomic mass is 10.2. The fraction of sp³-hybridized carbons (Fsp3) is 0.429. The van der Waals surface area contributed by atoms with Gasteiger partial charge in [0.05, 0.1) is 0 Å². The molecule has 2 rings (SSSR count). The van der Waals surface area contributed by atoms with Crippen LogP contribution in [0.5, 0.6) is 0 Å². The van der Waals surface area contributed by atoms with E-state index in [1.54, 1.807) is 0 Å². The van der Waals surface area contributed by atoms with Crippen molar-refractivity contribution in [2.24, 2.45) is 0 Å². The molecule has 1 unspecified atom stereocenters. The molecule has 1 aromatic heterocycles. The van der Waals surface area contributed by atoms with Gasteiger partial charge in [0.1, 0.15) is 6.10 Å². The highest BCUT2D eigenvalue weighted by atomic mass is 16.3. The van der Waals surface area contributed by atoms with Gasteiger partial charge in [-0.2, -0.15) is 0 Å². The molecule has 92 valence electrons. The lowest BCUT2D eigenvalue weighted by Crippen LogP contribution is -2.28. The van der Waals surface area contributed by atoms with Gasteiger partial charge < -0.3 is 15.0 Å². The van der Waals surface area contributed by atoms with Gasteiger partial charge in [-0.15, -0.1) is 0 Å². The summed E-state index contributed by atoms with van der Waals surface area (Å²) in [6.45, 7) is 6.84. The molecule has 1 atom stereocenters. The number of aromatic amines is 1. The van der Waals surface area contributed by atoms with Crippen molar-refractivity contribution in [3.05, 3.63) is 36.0 Å². The molecule has 0 saturated heterocycles. The second-order valence-corrected chi connectivity index (χ2v) is 4.31. The van der Waals surface area contributed by atoms with Crippen LogP contribution in [0.15, 0.2) is 30.3 Å². The standard InChI is InChI=1S/C14H20N2O/c1-3-16(4-2)10-14(17)13-9-11-7-5-6-8-12(11)15-13/h5-9,14-15,17H,3-4,10H2,1-2H3. The Labute approximate surface area is 102 Å². The molecule has 0 fully saturated rings. The summed E-state index contributed by atoms with van der Waals surface area (Å²) in [5, 5.41) is 11.3. The average molecular weight is 232 g/mol. The van der Waals surface area contributed by atoms with E-state index in [1.807, 2.05) is 24.3 Å². The second-order valence-electron chi connectivity index (χ2n) is 4.31.